The number of aromatic nitrogens is 1. The van der Waals surface area contributed by atoms with Crippen molar-refractivity contribution in [3.8, 4) is 22.4 Å². The number of nitrogens with one attached hydrogen (secondary N) is 1. The number of alkyl halides is 3. The number of carbonyl (C=O) groups is 1. The Hall–Kier alpha value is -2.58. The van der Waals surface area contributed by atoms with E-state index in [1.54, 1.807) is 12.1 Å². The quantitative estimate of drug-likeness (QED) is 0.670. The average molecular weight is 405 g/mol. The first-order chi connectivity index (χ1) is 13.4. The first-order valence-corrected chi connectivity index (χ1v) is 9.78. The third-order valence-corrected chi connectivity index (χ3v) is 5.61. The van der Waals surface area contributed by atoms with Gasteiger partial charge in [0, 0.05) is 23.1 Å². The monoisotopic (exact) mass is 405 g/mol. The summed E-state index contributed by atoms with van der Waals surface area (Å²) in [4.78, 5) is 12.5. The van der Waals surface area contributed by atoms with Crippen molar-refractivity contribution < 1.29 is 18.0 Å². The summed E-state index contributed by atoms with van der Waals surface area (Å²) >= 11 is 1.50. The fourth-order valence-corrected chi connectivity index (χ4v) is 4.31. The molecule has 0 saturated heterocycles. The molecular weight excluding hydrogens is 387 g/mol. The second kappa shape index (κ2) is 7.10. The fourth-order valence-electron chi connectivity index (χ4n) is 3.67. The first kappa shape index (κ1) is 18.8. The molecule has 0 spiro atoms. The van der Waals surface area contributed by atoms with Gasteiger partial charge in [-0.2, -0.15) is 24.5 Å². The predicted molar refractivity (Wildman–Crippen MR) is 103 cm³/mol. The highest BCUT2D eigenvalue weighted by Gasteiger charge is 2.33. The summed E-state index contributed by atoms with van der Waals surface area (Å²) in [5, 5.41) is 6.70. The van der Waals surface area contributed by atoms with Gasteiger partial charge in [0.2, 0.25) is 0 Å². The smallest absolute Gasteiger partial charge is 0.349 e. The maximum absolute atomic E-state index is 13.2. The zero-order valence-electron chi connectivity index (χ0n) is 14.8. The minimum absolute atomic E-state index is 0.0489. The molecule has 146 valence electrons. The topological polar surface area (TPSA) is 60.0 Å². The van der Waals surface area contributed by atoms with Gasteiger partial charge in [0.25, 0.3) is 5.91 Å². The normalized spacial score (nSPS) is 16.7. The summed E-state index contributed by atoms with van der Waals surface area (Å²) in [5.74, 6) is -0.233. The third kappa shape index (κ3) is 3.22. The van der Waals surface area contributed by atoms with Gasteiger partial charge >= 0.3 is 6.18 Å². The molecule has 1 amide bonds. The highest BCUT2D eigenvalue weighted by atomic mass is 32.1. The highest BCUT2D eigenvalue weighted by molar-refractivity contribution is 7.08. The van der Waals surface area contributed by atoms with E-state index >= 15 is 0 Å². The number of hydrogen-bond acceptors (Lipinski definition) is 3. The van der Waals surface area contributed by atoms with Crippen LogP contribution in [0.5, 0.6) is 0 Å². The molecule has 4 rings (SSSR count). The molecule has 1 aromatic carbocycles. The Bertz CT molecular complexity index is 1010. The Morgan fingerprint density at radius 3 is 2.71 bits per heavy atom. The predicted octanol–water partition coefficient (Wildman–Crippen LogP) is 4.54. The second-order valence-corrected chi connectivity index (χ2v) is 7.47. The van der Waals surface area contributed by atoms with Gasteiger partial charge in [-0.1, -0.05) is 12.1 Å². The maximum Gasteiger partial charge on any atom is 0.416 e. The van der Waals surface area contributed by atoms with Crippen LogP contribution in [0.3, 0.4) is 0 Å². The van der Waals surface area contributed by atoms with Crippen LogP contribution in [-0.2, 0) is 6.18 Å². The largest absolute Gasteiger partial charge is 0.416 e. The van der Waals surface area contributed by atoms with E-state index in [-0.39, 0.29) is 11.9 Å². The average Bonchev–Trinajstić information content (AvgIpc) is 3.31. The first-order valence-electron chi connectivity index (χ1n) is 8.84. The highest BCUT2D eigenvalue weighted by Crippen LogP contribution is 2.41. The van der Waals surface area contributed by atoms with Crippen molar-refractivity contribution in [3.63, 3.8) is 0 Å². The fraction of sp³-hybridized carbons (Fsp3) is 0.250. The molecule has 3 heterocycles. The van der Waals surface area contributed by atoms with Crippen molar-refractivity contribution in [3.05, 3.63) is 58.4 Å². The molecule has 8 heteroatoms. The van der Waals surface area contributed by atoms with E-state index in [9.17, 15) is 18.0 Å². The Balaban J connectivity index is 1.96. The molecule has 1 atom stereocenters. The van der Waals surface area contributed by atoms with Crippen LogP contribution in [0.25, 0.3) is 22.4 Å². The molecule has 0 aliphatic carbocycles. The summed E-state index contributed by atoms with van der Waals surface area (Å²) < 4.78 is 41.6. The molecule has 0 saturated carbocycles. The van der Waals surface area contributed by atoms with Crippen molar-refractivity contribution in [1.29, 1.82) is 0 Å². The number of fused-ring (bicyclic) bond motifs is 1. The van der Waals surface area contributed by atoms with Crippen LogP contribution in [-0.4, -0.2) is 23.6 Å². The van der Waals surface area contributed by atoms with E-state index in [0.717, 1.165) is 23.4 Å². The van der Waals surface area contributed by atoms with Crippen LogP contribution in [0.1, 0.15) is 28.5 Å². The molecule has 3 aromatic rings. The summed E-state index contributed by atoms with van der Waals surface area (Å²) in [6.07, 6.45) is -3.78. The van der Waals surface area contributed by atoms with Crippen molar-refractivity contribution in [2.75, 3.05) is 13.1 Å². The van der Waals surface area contributed by atoms with Crippen LogP contribution >= 0.6 is 11.3 Å². The molecule has 4 nitrogen and oxygen atoms in total. The molecule has 1 unspecified atom stereocenters. The van der Waals surface area contributed by atoms with Gasteiger partial charge in [0.05, 0.1) is 17.3 Å². The Labute approximate surface area is 163 Å². The van der Waals surface area contributed by atoms with E-state index in [1.807, 2.05) is 21.4 Å². The van der Waals surface area contributed by atoms with E-state index < -0.39 is 11.7 Å². The zero-order chi connectivity index (χ0) is 19.9. The Kier molecular flexibility index (Phi) is 4.76. The lowest BCUT2D eigenvalue weighted by molar-refractivity contribution is -0.137. The summed E-state index contributed by atoms with van der Waals surface area (Å²) in [6.45, 7) is 0.886. The Morgan fingerprint density at radius 1 is 1.21 bits per heavy atom. The Morgan fingerprint density at radius 2 is 2.04 bits per heavy atom. The van der Waals surface area contributed by atoms with E-state index in [1.165, 1.54) is 17.4 Å². The van der Waals surface area contributed by atoms with Crippen LogP contribution in [0.4, 0.5) is 13.2 Å². The van der Waals surface area contributed by atoms with Crippen LogP contribution < -0.4 is 11.1 Å². The lowest BCUT2D eigenvalue weighted by Crippen LogP contribution is -2.39. The molecule has 3 N–H and O–H groups in total. The summed E-state index contributed by atoms with van der Waals surface area (Å²) in [6, 6.07) is 8.76. The molecule has 0 bridgehead atoms. The van der Waals surface area contributed by atoms with Crippen molar-refractivity contribution >= 4 is 17.2 Å². The maximum atomic E-state index is 13.2. The molecule has 28 heavy (non-hydrogen) atoms. The summed E-state index contributed by atoms with van der Waals surface area (Å²) in [7, 11) is 0. The lowest BCUT2D eigenvalue weighted by Gasteiger charge is -2.28. The number of carbonyl (C=O) groups excluding carboxylic acids is 1. The van der Waals surface area contributed by atoms with Crippen LogP contribution in [0, 0.1) is 0 Å². The standard InChI is InChI=1S/C20H18F3N3OS/c21-20(22,23)14-3-1-2-12(8-14)16-9-17-19(27)25-10-15(4-6-24)26(17)18(16)13-5-7-28-11-13/h1-3,5,7-9,11,15H,4,6,10,24H2,(H,25,27). The van der Waals surface area contributed by atoms with Gasteiger partial charge in [0.15, 0.2) is 0 Å². The summed E-state index contributed by atoms with van der Waals surface area (Å²) in [5.41, 5.74) is 8.15. The van der Waals surface area contributed by atoms with E-state index in [2.05, 4.69) is 5.32 Å². The van der Waals surface area contributed by atoms with Crippen LogP contribution in [0.2, 0.25) is 0 Å². The van der Waals surface area contributed by atoms with Crippen molar-refractivity contribution in [2.45, 2.75) is 18.6 Å². The molecule has 2 aromatic heterocycles. The van der Waals surface area contributed by atoms with E-state index in [0.29, 0.717) is 36.3 Å². The molecular formula is C20H18F3N3OS. The molecule has 0 radical (unpaired) electrons. The van der Waals surface area contributed by atoms with Gasteiger partial charge < -0.3 is 15.6 Å². The number of nitrogens with two attached hydrogens (primary N) is 1. The minimum atomic E-state index is -4.43. The lowest BCUT2D eigenvalue weighted by atomic mass is 10.0. The molecule has 1 aliphatic heterocycles. The number of amides is 1. The van der Waals surface area contributed by atoms with Crippen molar-refractivity contribution in [2.24, 2.45) is 5.73 Å². The van der Waals surface area contributed by atoms with Crippen molar-refractivity contribution in [1.82, 2.24) is 9.88 Å². The van der Waals surface area contributed by atoms with Gasteiger partial charge in [0.1, 0.15) is 5.69 Å². The number of halogens is 3. The molecule has 1 aliphatic rings. The second-order valence-electron chi connectivity index (χ2n) is 6.69. The number of thiophene rings is 1. The van der Waals surface area contributed by atoms with Gasteiger partial charge in [-0.3, -0.25) is 4.79 Å². The number of benzene rings is 1. The number of nitrogens with zero attached hydrogens (tertiary/aromatic N) is 1. The molecule has 0 fully saturated rings. The minimum Gasteiger partial charge on any atom is -0.349 e. The van der Waals surface area contributed by atoms with Gasteiger partial charge in [-0.15, -0.1) is 0 Å². The van der Waals surface area contributed by atoms with E-state index in [4.69, 9.17) is 5.73 Å². The van der Waals surface area contributed by atoms with Crippen LogP contribution in [0.15, 0.2) is 47.2 Å². The SMILES string of the molecule is NCCC1CNC(=O)c2cc(-c3cccc(C(F)(F)F)c3)c(-c3ccsc3)n21. The third-order valence-electron chi connectivity index (χ3n) is 4.93. The number of rotatable bonds is 4. The number of hydrogen-bond donors (Lipinski definition) is 2. The van der Waals surface area contributed by atoms with Gasteiger partial charge in [-0.05, 0) is 48.2 Å². The van der Waals surface area contributed by atoms with Gasteiger partial charge in [-0.25, -0.2) is 0 Å². The zero-order valence-corrected chi connectivity index (χ0v) is 15.6.